The lowest BCUT2D eigenvalue weighted by atomic mass is 11.7. The fraction of sp³-hybridized carbons (Fsp3) is 0. The van der Waals surface area contributed by atoms with Gasteiger partial charge in [0.2, 0.25) is 0 Å². The molecule has 1 aromatic heterocycles. The van der Waals surface area contributed by atoms with Crippen LogP contribution in [0.3, 0.4) is 0 Å². The third-order valence-electron chi connectivity index (χ3n) is 0.425. The molecule has 0 aliphatic rings. The molecule has 0 aliphatic heterocycles. The van der Waals surface area contributed by atoms with E-state index in [1.165, 1.54) is 0 Å². The van der Waals surface area contributed by atoms with E-state index in [1.807, 2.05) is 12.1 Å². The van der Waals surface area contributed by atoms with Crippen LogP contribution in [0, 0.1) is 0 Å². The minimum Gasteiger partial charge on any atom is -0.473 e. The normalized spacial score (nSPS) is 8.00. The molecule has 1 nitrogen and oxygen atoms in total. The number of furan rings is 1. The Balaban J connectivity index is 3.13. The Labute approximate surface area is 30.2 Å². The summed E-state index contributed by atoms with van der Waals surface area (Å²) in [7, 11) is 0. The standard InChI is InChI=1S/C4H4O/c1-2-4-5-3-1/h1-4H/i1+1,2+1,3+1,4+1. The molecule has 1 aromatic rings. The molecule has 0 aliphatic carbocycles. The Morgan fingerprint density at radius 2 is 1.60 bits per heavy atom. The quantitative estimate of drug-likeness (QED) is 0.450. The smallest absolute Gasteiger partial charge is 0.0902 e. The van der Waals surface area contributed by atoms with Gasteiger partial charge in [0.1, 0.15) is 0 Å². The average molecular weight is 72.0 g/mol. The van der Waals surface area contributed by atoms with Crippen molar-refractivity contribution in [2.75, 3.05) is 0 Å². The zero-order valence-corrected chi connectivity index (χ0v) is 2.72. The van der Waals surface area contributed by atoms with Crippen molar-refractivity contribution in [3.8, 4) is 0 Å². The van der Waals surface area contributed by atoms with Crippen LogP contribution in [0.2, 0.25) is 0 Å². The van der Waals surface area contributed by atoms with Gasteiger partial charge in [-0.15, -0.1) is 0 Å². The van der Waals surface area contributed by atoms with E-state index >= 15 is 0 Å². The Hall–Kier alpha value is -0.720. The lowest BCUT2D eigenvalue weighted by molar-refractivity contribution is 0.567. The van der Waals surface area contributed by atoms with Gasteiger partial charge in [-0.2, -0.15) is 0 Å². The molecule has 26 valence electrons. The lowest BCUT2D eigenvalue weighted by Crippen LogP contribution is -1.16. The van der Waals surface area contributed by atoms with Crippen molar-refractivity contribution in [2.45, 2.75) is 0 Å². The molecule has 1 rings (SSSR count). The van der Waals surface area contributed by atoms with Gasteiger partial charge in [0.25, 0.3) is 0 Å². The zero-order valence-electron chi connectivity index (χ0n) is 2.72. The number of rotatable bonds is 0. The van der Waals surface area contributed by atoms with Crippen molar-refractivity contribution in [3.63, 3.8) is 0 Å². The first-order chi connectivity index (χ1) is 2.50. The van der Waals surface area contributed by atoms with Crippen LogP contribution in [-0.2, 0) is 0 Å². The molecule has 0 amide bonds. The first-order valence-corrected chi connectivity index (χ1v) is 1.47. The summed E-state index contributed by atoms with van der Waals surface area (Å²) in [5.41, 5.74) is 0. The summed E-state index contributed by atoms with van der Waals surface area (Å²) in [5, 5.41) is 0. The molecule has 0 bridgehead atoms. The molecule has 0 unspecified atom stereocenters. The maximum atomic E-state index is 4.58. The van der Waals surface area contributed by atoms with Crippen LogP contribution in [0.5, 0.6) is 0 Å². The van der Waals surface area contributed by atoms with Crippen molar-refractivity contribution in [1.82, 2.24) is 0 Å². The zero-order chi connectivity index (χ0) is 3.54. The summed E-state index contributed by atoms with van der Waals surface area (Å²) in [6.07, 6.45) is 3.25. The fourth-order valence-corrected chi connectivity index (χ4v) is 0.227. The molecule has 0 saturated heterocycles. The molecular weight excluding hydrogens is 68.0 g/mol. The van der Waals surface area contributed by atoms with Crippen molar-refractivity contribution in [1.29, 1.82) is 0 Å². The predicted molar refractivity (Wildman–Crippen MR) is 18.7 cm³/mol. The molecule has 0 fully saturated rings. The maximum absolute atomic E-state index is 4.58. The molecule has 1 heteroatoms. The highest BCUT2D eigenvalue weighted by atomic mass is 16.4. The maximum Gasteiger partial charge on any atom is 0.0902 e. The highest BCUT2D eigenvalue weighted by Gasteiger charge is 1.58. The van der Waals surface area contributed by atoms with Crippen LogP contribution in [0.15, 0.2) is 29.1 Å². The molecule has 0 aromatic carbocycles. The van der Waals surface area contributed by atoms with Crippen LogP contribution in [-0.4, -0.2) is 0 Å². The number of hydrogen-bond acceptors (Lipinski definition) is 1. The van der Waals surface area contributed by atoms with E-state index in [4.69, 9.17) is 0 Å². The van der Waals surface area contributed by atoms with Crippen LogP contribution < -0.4 is 0 Å². The van der Waals surface area contributed by atoms with Crippen molar-refractivity contribution in [3.05, 3.63) is 24.7 Å². The fourth-order valence-electron chi connectivity index (χ4n) is 0.227. The van der Waals surface area contributed by atoms with Gasteiger partial charge in [-0.25, -0.2) is 0 Å². The lowest BCUT2D eigenvalue weighted by Gasteiger charge is -1.50. The second-order valence-electron chi connectivity index (χ2n) is 0.793. The number of hydrogen-bond donors (Lipinski definition) is 0. The molecule has 1 heterocycles. The first-order valence-electron chi connectivity index (χ1n) is 1.47. The van der Waals surface area contributed by atoms with E-state index in [0.29, 0.717) is 0 Å². The average Bonchev–Trinajstić information content (AvgIpc) is 1.76. The van der Waals surface area contributed by atoms with E-state index in [2.05, 4.69) is 4.42 Å². The summed E-state index contributed by atoms with van der Waals surface area (Å²) < 4.78 is 4.58. The molecule has 0 saturated carbocycles. The summed E-state index contributed by atoms with van der Waals surface area (Å²) in [5.74, 6) is 0. The summed E-state index contributed by atoms with van der Waals surface area (Å²) in [4.78, 5) is 0. The van der Waals surface area contributed by atoms with Crippen LogP contribution in [0.25, 0.3) is 0 Å². The van der Waals surface area contributed by atoms with E-state index in [-0.39, 0.29) is 0 Å². The Kier molecular flexibility index (Phi) is 0.468. The predicted octanol–water partition coefficient (Wildman–Crippen LogP) is 1.28. The van der Waals surface area contributed by atoms with Gasteiger partial charge in [0, 0.05) is 0 Å². The molecular formula is C4H4O. The molecule has 0 radical (unpaired) electrons. The first kappa shape index (κ1) is 2.51. The minimum atomic E-state index is 1.62. The van der Waals surface area contributed by atoms with Crippen LogP contribution in [0.4, 0.5) is 0 Å². The third-order valence-corrected chi connectivity index (χ3v) is 0.425. The second kappa shape index (κ2) is 0.931. The minimum absolute atomic E-state index is 1.62. The summed E-state index contributed by atoms with van der Waals surface area (Å²) in [6.45, 7) is 0. The van der Waals surface area contributed by atoms with E-state index in [1.54, 1.807) is 12.5 Å². The van der Waals surface area contributed by atoms with Crippen molar-refractivity contribution < 1.29 is 4.42 Å². The molecule has 0 spiro atoms. The van der Waals surface area contributed by atoms with E-state index in [0.717, 1.165) is 0 Å². The van der Waals surface area contributed by atoms with Crippen molar-refractivity contribution in [2.24, 2.45) is 0 Å². The van der Waals surface area contributed by atoms with Gasteiger partial charge in [0.15, 0.2) is 0 Å². The van der Waals surface area contributed by atoms with Gasteiger partial charge in [-0.3, -0.25) is 0 Å². The highest BCUT2D eigenvalue weighted by molar-refractivity contribution is 4.79. The molecule has 5 heavy (non-hydrogen) atoms. The van der Waals surface area contributed by atoms with Gasteiger partial charge < -0.3 is 4.42 Å². The summed E-state index contributed by atoms with van der Waals surface area (Å²) >= 11 is 0. The van der Waals surface area contributed by atoms with Crippen molar-refractivity contribution >= 4 is 0 Å². The monoisotopic (exact) mass is 72.0 g/mol. The summed E-state index contributed by atoms with van der Waals surface area (Å²) in [6, 6.07) is 3.67. The van der Waals surface area contributed by atoms with Gasteiger partial charge in [0.05, 0.1) is 12.5 Å². The van der Waals surface area contributed by atoms with E-state index < -0.39 is 0 Å². The van der Waals surface area contributed by atoms with Gasteiger partial charge >= 0.3 is 0 Å². The highest BCUT2D eigenvalue weighted by Crippen LogP contribution is 1.79. The van der Waals surface area contributed by atoms with Crippen LogP contribution >= 0.6 is 0 Å². The topological polar surface area (TPSA) is 13.1 Å². The Morgan fingerprint density at radius 3 is 1.80 bits per heavy atom. The Morgan fingerprint density at radius 1 is 1.00 bits per heavy atom. The van der Waals surface area contributed by atoms with E-state index in [9.17, 15) is 0 Å². The molecule has 0 N–H and O–H groups in total. The second-order valence-corrected chi connectivity index (χ2v) is 0.793. The van der Waals surface area contributed by atoms with Crippen LogP contribution in [0.1, 0.15) is 0 Å². The van der Waals surface area contributed by atoms with Gasteiger partial charge in [-0.05, 0) is 12.1 Å². The SMILES string of the molecule is [13cH]1[13cH][13cH]o[13cH]1. The third kappa shape index (κ3) is 0.293. The van der Waals surface area contributed by atoms with Gasteiger partial charge in [-0.1, -0.05) is 0 Å². The molecule has 0 atom stereocenters. The largest absolute Gasteiger partial charge is 0.473 e. The Bertz CT molecular complexity index is 60.1.